The first-order valence-corrected chi connectivity index (χ1v) is 12.5. The summed E-state index contributed by atoms with van der Waals surface area (Å²) in [6.07, 6.45) is 0. The fourth-order valence-corrected chi connectivity index (χ4v) is 5.06. The number of nitrogens with zero attached hydrogens (tertiary/aromatic N) is 3. The summed E-state index contributed by atoms with van der Waals surface area (Å²) in [7, 11) is 0. The lowest BCUT2D eigenvalue weighted by Gasteiger charge is -2.11. The Morgan fingerprint density at radius 3 is 1.58 bits per heavy atom. The molecule has 4 heteroatoms. The zero-order chi connectivity index (χ0) is 25.5. The standard InChI is InChI=1S/C34H22FN3/c35-26-18-14-25(15-19-26)34-36-30(23-8-2-1-3-9-23)22-31(37-34)24-16-20-27(21-17-24)38-32-12-6-4-10-28(32)29-11-5-7-13-33(29)38/h1-22H. The van der Waals surface area contributed by atoms with Gasteiger partial charge in [-0.2, -0.15) is 0 Å². The maximum absolute atomic E-state index is 13.6. The number of hydrogen-bond donors (Lipinski definition) is 0. The van der Waals surface area contributed by atoms with Gasteiger partial charge in [-0.05, 0) is 54.6 Å². The first-order valence-electron chi connectivity index (χ1n) is 12.5. The second-order valence-electron chi connectivity index (χ2n) is 9.25. The number of halogens is 1. The molecule has 0 unspecified atom stereocenters. The molecule has 0 aliphatic carbocycles. The predicted molar refractivity (Wildman–Crippen MR) is 153 cm³/mol. The third-order valence-electron chi connectivity index (χ3n) is 6.90. The molecule has 0 atom stereocenters. The highest BCUT2D eigenvalue weighted by atomic mass is 19.1. The number of para-hydroxylation sites is 2. The van der Waals surface area contributed by atoms with Gasteiger partial charge in [-0.1, -0.05) is 78.9 Å². The van der Waals surface area contributed by atoms with Crippen LogP contribution in [-0.4, -0.2) is 14.5 Å². The Hall–Kier alpha value is -5.09. The molecule has 0 aliphatic heterocycles. The molecule has 5 aromatic carbocycles. The van der Waals surface area contributed by atoms with Crippen LogP contribution < -0.4 is 0 Å². The van der Waals surface area contributed by atoms with Crippen molar-refractivity contribution in [3.8, 4) is 39.6 Å². The van der Waals surface area contributed by atoms with Crippen LogP contribution in [0.3, 0.4) is 0 Å². The van der Waals surface area contributed by atoms with Gasteiger partial charge in [0.25, 0.3) is 0 Å². The van der Waals surface area contributed by atoms with Crippen molar-refractivity contribution in [2.45, 2.75) is 0 Å². The molecule has 0 aliphatic rings. The van der Waals surface area contributed by atoms with E-state index in [2.05, 4.69) is 77.4 Å². The quantitative estimate of drug-likeness (QED) is 0.246. The Kier molecular flexibility index (Phi) is 5.30. The van der Waals surface area contributed by atoms with E-state index in [0.29, 0.717) is 5.82 Å². The van der Waals surface area contributed by atoms with Gasteiger partial charge in [0.1, 0.15) is 5.82 Å². The molecule has 0 bridgehead atoms. The van der Waals surface area contributed by atoms with Crippen LogP contribution in [0.5, 0.6) is 0 Å². The van der Waals surface area contributed by atoms with E-state index in [0.717, 1.165) is 33.8 Å². The second kappa shape index (κ2) is 9.09. The average molecular weight is 492 g/mol. The maximum Gasteiger partial charge on any atom is 0.160 e. The summed E-state index contributed by atoms with van der Waals surface area (Å²) in [5.74, 6) is 0.279. The SMILES string of the molecule is Fc1ccc(-c2nc(-c3ccccc3)cc(-c3ccc(-n4c5ccccc5c5ccccc54)cc3)n2)cc1. The minimum absolute atomic E-state index is 0.283. The molecule has 0 spiro atoms. The topological polar surface area (TPSA) is 30.7 Å². The molecule has 38 heavy (non-hydrogen) atoms. The lowest BCUT2D eigenvalue weighted by Crippen LogP contribution is -1.97. The largest absolute Gasteiger partial charge is 0.309 e. The van der Waals surface area contributed by atoms with Crippen LogP contribution in [0.25, 0.3) is 61.4 Å². The van der Waals surface area contributed by atoms with Crippen LogP contribution in [0.2, 0.25) is 0 Å². The fraction of sp³-hybridized carbons (Fsp3) is 0. The van der Waals surface area contributed by atoms with Gasteiger partial charge in [0.2, 0.25) is 0 Å². The summed E-state index contributed by atoms with van der Waals surface area (Å²) in [6, 6.07) is 43.8. The monoisotopic (exact) mass is 491 g/mol. The zero-order valence-electron chi connectivity index (χ0n) is 20.4. The van der Waals surface area contributed by atoms with Gasteiger partial charge in [0, 0.05) is 33.2 Å². The first-order chi connectivity index (χ1) is 18.7. The first kappa shape index (κ1) is 22.1. The number of hydrogen-bond acceptors (Lipinski definition) is 2. The van der Waals surface area contributed by atoms with Crippen molar-refractivity contribution in [2.24, 2.45) is 0 Å². The van der Waals surface area contributed by atoms with Crippen LogP contribution in [0.15, 0.2) is 133 Å². The van der Waals surface area contributed by atoms with Crippen LogP contribution in [-0.2, 0) is 0 Å². The van der Waals surface area contributed by atoms with Crippen molar-refractivity contribution < 1.29 is 4.39 Å². The number of rotatable bonds is 4. The molecule has 0 saturated carbocycles. The summed E-state index contributed by atoms with van der Waals surface area (Å²) in [5.41, 5.74) is 7.82. The molecule has 2 aromatic heterocycles. The van der Waals surface area contributed by atoms with Crippen molar-refractivity contribution in [3.63, 3.8) is 0 Å². The molecule has 0 amide bonds. The smallest absolute Gasteiger partial charge is 0.160 e. The number of benzene rings is 5. The second-order valence-corrected chi connectivity index (χ2v) is 9.25. The van der Waals surface area contributed by atoms with Gasteiger partial charge in [0.15, 0.2) is 5.82 Å². The molecule has 0 saturated heterocycles. The van der Waals surface area contributed by atoms with E-state index < -0.39 is 0 Å². The van der Waals surface area contributed by atoms with E-state index in [-0.39, 0.29) is 5.82 Å². The highest BCUT2D eigenvalue weighted by molar-refractivity contribution is 6.09. The molecule has 7 aromatic rings. The van der Waals surface area contributed by atoms with Gasteiger partial charge in [-0.3, -0.25) is 0 Å². The fourth-order valence-electron chi connectivity index (χ4n) is 5.06. The normalized spacial score (nSPS) is 11.3. The van der Waals surface area contributed by atoms with E-state index in [1.165, 1.54) is 33.9 Å². The van der Waals surface area contributed by atoms with Gasteiger partial charge < -0.3 is 4.57 Å². The molecule has 0 radical (unpaired) electrons. The summed E-state index contributed by atoms with van der Waals surface area (Å²) < 4.78 is 15.9. The Balaban J connectivity index is 1.36. The van der Waals surface area contributed by atoms with E-state index >= 15 is 0 Å². The summed E-state index contributed by atoms with van der Waals surface area (Å²) >= 11 is 0. The van der Waals surface area contributed by atoms with Crippen molar-refractivity contribution in [2.75, 3.05) is 0 Å². The van der Waals surface area contributed by atoms with Crippen LogP contribution in [0.1, 0.15) is 0 Å². The lowest BCUT2D eigenvalue weighted by atomic mass is 10.1. The van der Waals surface area contributed by atoms with Gasteiger partial charge in [-0.25, -0.2) is 14.4 Å². The molecule has 0 fully saturated rings. The summed E-state index contributed by atoms with van der Waals surface area (Å²) in [6.45, 7) is 0. The highest BCUT2D eigenvalue weighted by Gasteiger charge is 2.13. The number of aromatic nitrogens is 3. The zero-order valence-corrected chi connectivity index (χ0v) is 20.4. The lowest BCUT2D eigenvalue weighted by molar-refractivity contribution is 0.628. The molecule has 0 N–H and O–H groups in total. The van der Waals surface area contributed by atoms with Crippen molar-refractivity contribution in [1.82, 2.24) is 14.5 Å². The Morgan fingerprint density at radius 1 is 0.474 bits per heavy atom. The maximum atomic E-state index is 13.6. The van der Waals surface area contributed by atoms with Crippen molar-refractivity contribution in [1.29, 1.82) is 0 Å². The summed E-state index contributed by atoms with van der Waals surface area (Å²) in [4.78, 5) is 9.70. The van der Waals surface area contributed by atoms with E-state index in [1.54, 1.807) is 12.1 Å². The molecule has 3 nitrogen and oxygen atoms in total. The van der Waals surface area contributed by atoms with Gasteiger partial charge in [-0.15, -0.1) is 0 Å². The van der Waals surface area contributed by atoms with Gasteiger partial charge >= 0.3 is 0 Å². The van der Waals surface area contributed by atoms with Crippen LogP contribution >= 0.6 is 0 Å². The van der Waals surface area contributed by atoms with E-state index in [4.69, 9.17) is 9.97 Å². The highest BCUT2D eigenvalue weighted by Crippen LogP contribution is 2.33. The Bertz CT molecular complexity index is 1850. The number of fused-ring (bicyclic) bond motifs is 3. The molecule has 7 rings (SSSR count). The minimum atomic E-state index is -0.283. The van der Waals surface area contributed by atoms with Crippen molar-refractivity contribution >= 4 is 21.8 Å². The molecule has 180 valence electrons. The third kappa shape index (κ3) is 3.84. The predicted octanol–water partition coefficient (Wildman–Crippen LogP) is 8.71. The minimum Gasteiger partial charge on any atom is -0.309 e. The van der Waals surface area contributed by atoms with Crippen LogP contribution in [0, 0.1) is 5.82 Å². The average Bonchev–Trinajstić information content (AvgIpc) is 3.32. The van der Waals surface area contributed by atoms with E-state index in [9.17, 15) is 4.39 Å². The van der Waals surface area contributed by atoms with Gasteiger partial charge in [0.05, 0.1) is 22.4 Å². The van der Waals surface area contributed by atoms with E-state index in [1.807, 2.05) is 36.4 Å². The molecule has 2 heterocycles. The van der Waals surface area contributed by atoms with Crippen LogP contribution in [0.4, 0.5) is 4.39 Å². The Morgan fingerprint density at radius 2 is 0.974 bits per heavy atom. The van der Waals surface area contributed by atoms with Crippen molar-refractivity contribution in [3.05, 3.63) is 139 Å². The molecular weight excluding hydrogens is 469 g/mol. The summed E-state index contributed by atoms with van der Waals surface area (Å²) in [5, 5.41) is 2.47. The third-order valence-corrected chi connectivity index (χ3v) is 6.90. The Labute approximate surface area is 219 Å². The molecular formula is C34H22FN3.